The Balaban J connectivity index is 2.58. The third kappa shape index (κ3) is 3.45. The second kappa shape index (κ2) is 5.63. The van der Waals surface area contributed by atoms with Crippen LogP contribution < -0.4 is 10.5 Å². The van der Waals surface area contributed by atoms with Crippen LogP contribution in [0.15, 0.2) is 0 Å². The highest BCUT2D eigenvalue weighted by Crippen LogP contribution is 2.31. The summed E-state index contributed by atoms with van der Waals surface area (Å²) in [5.74, 6) is -0.464. The van der Waals surface area contributed by atoms with E-state index in [4.69, 9.17) is 5.73 Å². The number of amides is 1. The minimum atomic E-state index is -3.44. The van der Waals surface area contributed by atoms with Gasteiger partial charge in [-0.25, -0.2) is 8.42 Å². The molecule has 16 heavy (non-hydrogen) atoms. The summed E-state index contributed by atoms with van der Waals surface area (Å²) < 4.78 is 25.0. The van der Waals surface area contributed by atoms with Crippen molar-refractivity contribution in [1.82, 2.24) is 4.72 Å². The summed E-state index contributed by atoms with van der Waals surface area (Å²) in [6.45, 7) is 2.22. The molecule has 0 bridgehead atoms. The highest BCUT2D eigenvalue weighted by Gasteiger charge is 2.33. The highest BCUT2D eigenvalue weighted by atomic mass is 32.2. The summed E-state index contributed by atoms with van der Waals surface area (Å²) >= 11 is 0. The van der Waals surface area contributed by atoms with Crippen LogP contribution in [0, 0.1) is 11.8 Å². The van der Waals surface area contributed by atoms with Crippen molar-refractivity contribution < 1.29 is 13.2 Å². The molecular formula is C10H20N2O3S. The van der Waals surface area contributed by atoms with Crippen LogP contribution in [0.5, 0.6) is 0 Å². The Kier molecular flexibility index (Phi) is 4.73. The number of carbonyl (C=O) groups is 1. The molecule has 6 heteroatoms. The number of hydrogen-bond donors (Lipinski definition) is 2. The quantitative estimate of drug-likeness (QED) is 0.728. The van der Waals surface area contributed by atoms with Gasteiger partial charge in [0.05, 0.1) is 5.75 Å². The van der Waals surface area contributed by atoms with E-state index in [1.54, 1.807) is 6.92 Å². The van der Waals surface area contributed by atoms with Gasteiger partial charge in [0.2, 0.25) is 15.9 Å². The Morgan fingerprint density at radius 1 is 1.44 bits per heavy atom. The van der Waals surface area contributed by atoms with E-state index >= 15 is 0 Å². The Morgan fingerprint density at radius 2 is 2.12 bits per heavy atom. The van der Waals surface area contributed by atoms with Gasteiger partial charge in [0.15, 0.2) is 0 Å². The Bertz CT molecular complexity index is 340. The van der Waals surface area contributed by atoms with Gasteiger partial charge >= 0.3 is 0 Å². The molecule has 1 aliphatic rings. The summed E-state index contributed by atoms with van der Waals surface area (Å²) in [7, 11) is -3.44. The van der Waals surface area contributed by atoms with E-state index in [2.05, 4.69) is 4.72 Å². The summed E-state index contributed by atoms with van der Waals surface area (Å²) in [6.07, 6.45) is 3.12. The fourth-order valence-electron chi connectivity index (χ4n) is 2.21. The minimum absolute atomic E-state index is 0.00124. The average Bonchev–Trinajstić information content (AvgIpc) is 2.64. The maximum atomic E-state index is 11.8. The number of nitrogens with one attached hydrogen (secondary N) is 1. The molecule has 1 fully saturated rings. The Labute approximate surface area is 96.8 Å². The van der Waals surface area contributed by atoms with Crippen molar-refractivity contribution in [3.05, 3.63) is 0 Å². The summed E-state index contributed by atoms with van der Waals surface area (Å²) in [5, 5.41) is 0. The van der Waals surface area contributed by atoms with E-state index in [0.29, 0.717) is 13.0 Å². The predicted octanol–water partition coefficient (Wildman–Crippen LogP) is 0.217. The van der Waals surface area contributed by atoms with Crippen molar-refractivity contribution in [1.29, 1.82) is 0 Å². The maximum Gasteiger partial charge on any atom is 0.236 e. The number of carbonyl (C=O) groups excluding carboxylic acids is 1. The molecule has 0 spiro atoms. The zero-order valence-electron chi connectivity index (χ0n) is 9.61. The SMILES string of the molecule is CCCS(=O)(=O)NC(=O)C1CCCC1CN. The molecule has 1 amide bonds. The number of rotatable bonds is 5. The Hall–Kier alpha value is -0.620. The van der Waals surface area contributed by atoms with Gasteiger partial charge in [-0.3, -0.25) is 9.52 Å². The van der Waals surface area contributed by atoms with Crippen LogP contribution in [-0.2, 0) is 14.8 Å². The minimum Gasteiger partial charge on any atom is -0.330 e. The second-order valence-corrected chi connectivity index (χ2v) is 6.16. The zero-order chi connectivity index (χ0) is 12.2. The summed E-state index contributed by atoms with van der Waals surface area (Å²) in [5.41, 5.74) is 5.55. The third-order valence-corrected chi connectivity index (χ3v) is 4.49. The maximum absolute atomic E-state index is 11.8. The zero-order valence-corrected chi connectivity index (χ0v) is 10.4. The van der Waals surface area contributed by atoms with E-state index in [0.717, 1.165) is 19.3 Å². The van der Waals surface area contributed by atoms with Crippen LogP contribution in [0.2, 0.25) is 0 Å². The van der Waals surface area contributed by atoms with Crippen LogP contribution in [0.3, 0.4) is 0 Å². The normalized spacial score (nSPS) is 25.6. The van der Waals surface area contributed by atoms with Crippen molar-refractivity contribution in [2.45, 2.75) is 32.6 Å². The van der Waals surface area contributed by atoms with Gasteiger partial charge in [-0.1, -0.05) is 13.3 Å². The van der Waals surface area contributed by atoms with Gasteiger partial charge in [0.25, 0.3) is 0 Å². The van der Waals surface area contributed by atoms with Gasteiger partial charge < -0.3 is 5.73 Å². The van der Waals surface area contributed by atoms with Crippen molar-refractivity contribution in [3.63, 3.8) is 0 Å². The number of nitrogens with two attached hydrogens (primary N) is 1. The molecular weight excluding hydrogens is 228 g/mol. The lowest BCUT2D eigenvalue weighted by Gasteiger charge is -2.17. The van der Waals surface area contributed by atoms with Crippen LogP contribution in [0.4, 0.5) is 0 Å². The monoisotopic (exact) mass is 248 g/mol. The topological polar surface area (TPSA) is 89.3 Å². The molecule has 0 saturated heterocycles. The van der Waals surface area contributed by atoms with Crippen LogP contribution in [-0.4, -0.2) is 26.6 Å². The molecule has 1 aliphatic carbocycles. The first kappa shape index (κ1) is 13.4. The molecule has 0 heterocycles. The lowest BCUT2D eigenvalue weighted by molar-refractivity contribution is -0.124. The van der Waals surface area contributed by atoms with E-state index < -0.39 is 10.0 Å². The fraction of sp³-hybridized carbons (Fsp3) is 0.900. The second-order valence-electron chi connectivity index (χ2n) is 4.32. The van der Waals surface area contributed by atoms with Gasteiger partial charge in [-0.15, -0.1) is 0 Å². The molecule has 0 radical (unpaired) electrons. The van der Waals surface area contributed by atoms with E-state index in [9.17, 15) is 13.2 Å². The summed E-state index contributed by atoms with van der Waals surface area (Å²) in [6, 6.07) is 0. The van der Waals surface area contributed by atoms with Crippen molar-refractivity contribution in [3.8, 4) is 0 Å². The fourth-order valence-corrected chi connectivity index (χ4v) is 3.31. The van der Waals surface area contributed by atoms with Gasteiger partial charge in [0, 0.05) is 5.92 Å². The first-order valence-electron chi connectivity index (χ1n) is 5.74. The molecule has 1 saturated carbocycles. The standard InChI is InChI=1S/C10H20N2O3S/c1-2-6-16(14,15)12-10(13)9-5-3-4-8(9)7-11/h8-9H,2-7,11H2,1H3,(H,12,13). The first-order chi connectivity index (χ1) is 7.50. The van der Waals surface area contributed by atoms with E-state index in [1.165, 1.54) is 0 Å². The smallest absolute Gasteiger partial charge is 0.236 e. The van der Waals surface area contributed by atoms with Crippen molar-refractivity contribution in [2.75, 3.05) is 12.3 Å². The van der Waals surface area contributed by atoms with E-state index in [-0.39, 0.29) is 23.5 Å². The van der Waals surface area contributed by atoms with Crippen LogP contribution in [0.1, 0.15) is 32.6 Å². The van der Waals surface area contributed by atoms with Gasteiger partial charge in [-0.2, -0.15) is 0 Å². The predicted molar refractivity (Wildman–Crippen MR) is 62.1 cm³/mol. The lowest BCUT2D eigenvalue weighted by Crippen LogP contribution is -2.39. The molecule has 5 nitrogen and oxygen atoms in total. The molecule has 0 aromatic heterocycles. The first-order valence-corrected chi connectivity index (χ1v) is 7.39. The average molecular weight is 248 g/mol. The molecule has 0 aromatic rings. The van der Waals surface area contributed by atoms with Crippen LogP contribution in [0.25, 0.3) is 0 Å². The largest absolute Gasteiger partial charge is 0.330 e. The molecule has 2 atom stereocenters. The van der Waals surface area contributed by atoms with Gasteiger partial charge in [0.1, 0.15) is 0 Å². The van der Waals surface area contributed by atoms with Crippen molar-refractivity contribution >= 4 is 15.9 Å². The molecule has 1 rings (SSSR count). The number of sulfonamides is 1. The molecule has 0 aromatic carbocycles. The van der Waals surface area contributed by atoms with Crippen LogP contribution >= 0.6 is 0 Å². The Morgan fingerprint density at radius 3 is 2.69 bits per heavy atom. The van der Waals surface area contributed by atoms with E-state index in [1.807, 2.05) is 0 Å². The summed E-state index contributed by atoms with van der Waals surface area (Å²) in [4.78, 5) is 11.8. The molecule has 0 aliphatic heterocycles. The molecule has 3 N–H and O–H groups in total. The van der Waals surface area contributed by atoms with Gasteiger partial charge in [-0.05, 0) is 31.7 Å². The molecule has 2 unspecified atom stereocenters. The highest BCUT2D eigenvalue weighted by molar-refractivity contribution is 7.90. The number of hydrogen-bond acceptors (Lipinski definition) is 4. The third-order valence-electron chi connectivity index (χ3n) is 3.03. The lowest BCUT2D eigenvalue weighted by atomic mass is 9.96. The van der Waals surface area contributed by atoms with Crippen molar-refractivity contribution in [2.24, 2.45) is 17.6 Å². The molecule has 94 valence electrons.